The van der Waals surface area contributed by atoms with Crippen LogP contribution in [0.25, 0.3) is 0 Å². The van der Waals surface area contributed by atoms with Crippen LogP contribution in [0, 0.1) is 0 Å². The van der Waals surface area contributed by atoms with Crippen molar-refractivity contribution in [2.45, 2.75) is 32.7 Å². The van der Waals surface area contributed by atoms with Gasteiger partial charge in [0.2, 0.25) is 0 Å². The van der Waals surface area contributed by atoms with Crippen LogP contribution in [0.15, 0.2) is 24.3 Å². The molecule has 1 aromatic carbocycles. The van der Waals surface area contributed by atoms with Gasteiger partial charge < -0.3 is 15.3 Å². The number of hydrogen-bond donors (Lipinski definition) is 2. The first-order valence-electron chi connectivity index (χ1n) is 6.35. The largest absolute Gasteiger partial charge is 0.508 e. The molecule has 2 N–H and O–H groups in total. The molecule has 1 unspecified atom stereocenters. The second-order valence-corrected chi connectivity index (χ2v) is 4.46. The Morgan fingerprint density at radius 2 is 2.00 bits per heavy atom. The number of benzene rings is 1. The van der Waals surface area contributed by atoms with Gasteiger partial charge in [-0.2, -0.15) is 0 Å². The Morgan fingerprint density at radius 1 is 1.39 bits per heavy atom. The summed E-state index contributed by atoms with van der Waals surface area (Å²) in [7, 11) is 1.78. The zero-order valence-corrected chi connectivity index (χ0v) is 11.3. The standard InChI is InChI=1S/C14H22N2O2/c1-4-5-10-15-14(18)16(3)11(2)12-6-8-13(17)9-7-12/h6-9,11,17H,4-5,10H2,1-3H3,(H,15,18). The van der Waals surface area contributed by atoms with E-state index >= 15 is 0 Å². The van der Waals surface area contributed by atoms with Crippen molar-refractivity contribution >= 4 is 6.03 Å². The average Bonchev–Trinajstić information content (AvgIpc) is 2.38. The first kappa shape index (κ1) is 14.4. The van der Waals surface area contributed by atoms with Crippen molar-refractivity contribution in [3.05, 3.63) is 29.8 Å². The molecule has 1 atom stereocenters. The Bertz CT molecular complexity index is 376. The number of rotatable bonds is 5. The predicted molar refractivity (Wildman–Crippen MR) is 72.6 cm³/mol. The van der Waals surface area contributed by atoms with Gasteiger partial charge in [0.05, 0.1) is 6.04 Å². The minimum absolute atomic E-state index is 0.0211. The molecule has 0 aromatic heterocycles. The molecule has 100 valence electrons. The third-order valence-corrected chi connectivity index (χ3v) is 3.08. The monoisotopic (exact) mass is 250 g/mol. The fraction of sp³-hybridized carbons (Fsp3) is 0.500. The highest BCUT2D eigenvalue weighted by Gasteiger charge is 2.16. The normalized spacial score (nSPS) is 11.9. The van der Waals surface area contributed by atoms with Gasteiger partial charge in [-0.1, -0.05) is 25.5 Å². The van der Waals surface area contributed by atoms with Crippen molar-refractivity contribution in [2.24, 2.45) is 0 Å². The summed E-state index contributed by atoms with van der Waals surface area (Å²) in [6, 6.07) is 6.84. The fourth-order valence-electron chi connectivity index (χ4n) is 1.65. The van der Waals surface area contributed by atoms with E-state index in [-0.39, 0.29) is 17.8 Å². The molecule has 0 bridgehead atoms. The highest BCUT2D eigenvalue weighted by atomic mass is 16.3. The average molecular weight is 250 g/mol. The van der Waals surface area contributed by atoms with Crippen LogP contribution >= 0.6 is 0 Å². The molecule has 18 heavy (non-hydrogen) atoms. The summed E-state index contributed by atoms with van der Waals surface area (Å²) in [5.74, 6) is 0.237. The molecular weight excluding hydrogens is 228 g/mol. The van der Waals surface area contributed by atoms with E-state index in [1.165, 1.54) is 0 Å². The predicted octanol–water partition coefficient (Wildman–Crippen LogP) is 2.89. The number of carbonyl (C=O) groups excluding carboxylic acids is 1. The molecule has 4 heteroatoms. The summed E-state index contributed by atoms with van der Waals surface area (Å²) < 4.78 is 0. The van der Waals surface area contributed by atoms with Crippen molar-refractivity contribution in [1.29, 1.82) is 0 Å². The molecule has 2 amide bonds. The summed E-state index contributed by atoms with van der Waals surface area (Å²) in [4.78, 5) is 13.5. The topological polar surface area (TPSA) is 52.6 Å². The van der Waals surface area contributed by atoms with Crippen LogP contribution in [0.4, 0.5) is 4.79 Å². The number of urea groups is 1. The van der Waals surface area contributed by atoms with Crippen molar-refractivity contribution in [3.8, 4) is 5.75 Å². The van der Waals surface area contributed by atoms with Crippen molar-refractivity contribution in [1.82, 2.24) is 10.2 Å². The molecule has 0 fully saturated rings. The lowest BCUT2D eigenvalue weighted by Crippen LogP contribution is -2.39. The van der Waals surface area contributed by atoms with Gasteiger partial charge >= 0.3 is 6.03 Å². The second-order valence-electron chi connectivity index (χ2n) is 4.46. The van der Waals surface area contributed by atoms with Crippen molar-refractivity contribution in [3.63, 3.8) is 0 Å². The third kappa shape index (κ3) is 3.95. The van der Waals surface area contributed by atoms with Crippen LogP contribution in [0.5, 0.6) is 5.75 Å². The maximum Gasteiger partial charge on any atom is 0.317 e. The molecule has 1 aromatic rings. The van der Waals surface area contributed by atoms with E-state index in [2.05, 4.69) is 12.2 Å². The molecule has 0 aliphatic carbocycles. The number of hydrogen-bond acceptors (Lipinski definition) is 2. The second kappa shape index (κ2) is 6.89. The van der Waals surface area contributed by atoms with E-state index in [0.717, 1.165) is 18.4 Å². The van der Waals surface area contributed by atoms with Gasteiger partial charge in [-0.15, -0.1) is 0 Å². The highest BCUT2D eigenvalue weighted by Crippen LogP contribution is 2.20. The lowest BCUT2D eigenvalue weighted by Gasteiger charge is -2.25. The summed E-state index contributed by atoms with van der Waals surface area (Å²) in [6.07, 6.45) is 2.06. The third-order valence-electron chi connectivity index (χ3n) is 3.08. The summed E-state index contributed by atoms with van der Waals surface area (Å²) in [5, 5.41) is 12.1. The van der Waals surface area contributed by atoms with Crippen LogP contribution in [-0.2, 0) is 0 Å². The van der Waals surface area contributed by atoms with Crippen molar-refractivity contribution in [2.75, 3.05) is 13.6 Å². The number of unbranched alkanes of at least 4 members (excludes halogenated alkanes) is 1. The molecule has 0 spiro atoms. The zero-order chi connectivity index (χ0) is 13.5. The minimum Gasteiger partial charge on any atom is -0.508 e. The Morgan fingerprint density at radius 3 is 2.56 bits per heavy atom. The number of nitrogens with zero attached hydrogens (tertiary/aromatic N) is 1. The van der Waals surface area contributed by atoms with Crippen molar-refractivity contribution < 1.29 is 9.90 Å². The van der Waals surface area contributed by atoms with E-state index in [9.17, 15) is 9.90 Å². The fourth-order valence-corrected chi connectivity index (χ4v) is 1.65. The van der Waals surface area contributed by atoms with Crippen LogP contribution in [-0.4, -0.2) is 29.6 Å². The van der Waals surface area contributed by atoms with Gasteiger partial charge in [0.1, 0.15) is 5.75 Å². The smallest absolute Gasteiger partial charge is 0.317 e. The van der Waals surface area contributed by atoms with E-state index < -0.39 is 0 Å². The van der Waals surface area contributed by atoms with Gasteiger partial charge in [0.25, 0.3) is 0 Å². The lowest BCUT2D eigenvalue weighted by molar-refractivity contribution is 0.194. The quantitative estimate of drug-likeness (QED) is 0.789. The molecule has 0 heterocycles. The molecule has 0 aliphatic rings. The van der Waals surface area contributed by atoms with Gasteiger partial charge in [-0.3, -0.25) is 0 Å². The SMILES string of the molecule is CCCCNC(=O)N(C)C(C)c1ccc(O)cc1. The van der Waals surface area contributed by atoms with Crippen LogP contribution < -0.4 is 5.32 Å². The van der Waals surface area contributed by atoms with Crippen LogP contribution in [0.3, 0.4) is 0 Å². The molecular formula is C14H22N2O2. The van der Waals surface area contributed by atoms with E-state index in [1.54, 1.807) is 24.1 Å². The molecule has 0 saturated heterocycles. The summed E-state index contributed by atoms with van der Waals surface area (Å²) in [5.41, 5.74) is 1.00. The molecule has 1 rings (SSSR count). The van der Waals surface area contributed by atoms with Crippen LogP contribution in [0.2, 0.25) is 0 Å². The van der Waals surface area contributed by atoms with E-state index in [0.29, 0.717) is 6.54 Å². The van der Waals surface area contributed by atoms with E-state index in [4.69, 9.17) is 0 Å². The van der Waals surface area contributed by atoms with Gasteiger partial charge in [-0.25, -0.2) is 4.79 Å². The number of amides is 2. The zero-order valence-electron chi connectivity index (χ0n) is 11.3. The minimum atomic E-state index is -0.0657. The number of carbonyl (C=O) groups is 1. The maximum absolute atomic E-state index is 11.9. The van der Waals surface area contributed by atoms with Gasteiger partial charge in [-0.05, 0) is 31.0 Å². The highest BCUT2D eigenvalue weighted by molar-refractivity contribution is 5.74. The summed E-state index contributed by atoms with van der Waals surface area (Å²) >= 11 is 0. The first-order valence-corrected chi connectivity index (χ1v) is 6.35. The van der Waals surface area contributed by atoms with E-state index in [1.807, 2.05) is 19.1 Å². The Balaban J connectivity index is 2.57. The van der Waals surface area contributed by atoms with Crippen LogP contribution in [0.1, 0.15) is 38.3 Å². The number of nitrogens with one attached hydrogen (secondary N) is 1. The molecule has 0 aliphatic heterocycles. The van der Waals surface area contributed by atoms with Gasteiger partial charge in [0, 0.05) is 13.6 Å². The lowest BCUT2D eigenvalue weighted by atomic mass is 10.1. The Labute approximate surface area is 109 Å². The Hall–Kier alpha value is -1.71. The first-order chi connectivity index (χ1) is 8.56. The molecule has 0 radical (unpaired) electrons. The molecule has 0 saturated carbocycles. The van der Waals surface area contributed by atoms with Gasteiger partial charge in [0.15, 0.2) is 0 Å². The number of phenols is 1. The summed E-state index contributed by atoms with van der Waals surface area (Å²) in [6.45, 7) is 4.77. The maximum atomic E-state index is 11.9. The number of aromatic hydroxyl groups is 1. The Kier molecular flexibility index (Phi) is 5.49. The molecule has 4 nitrogen and oxygen atoms in total. The number of phenolic OH excluding ortho intramolecular Hbond substituents is 1.